The molecule has 6 heteroatoms. The molecule has 3 amide bonds. The number of hydrogen-bond donors (Lipinski definition) is 3. The van der Waals surface area contributed by atoms with Gasteiger partial charge in [-0.15, -0.1) is 0 Å². The molecule has 0 aromatic carbocycles. The average molecular weight is 219 g/mol. The Kier molecular flexibility index (Phi) is 13.4. The van der Waals surface area contributed by atoms with Crippen LogP contribution in [0.15, 0.2) is 0 Å². The van der Waals surface area contributed by atoms with Crippen LogP contribution < -0.4 is 16.8 Å². The summed E-state index contributed by atoms with van der Waals surface area (Å²) in [5, 5.41) is 2.52. The molecule has 0 aliphatic heterocycles. The lowest BCUT2D eigenvalue weighted by molar-refractivity contribution is 0.163. The summed E-state index contributed by atoms with van der Waals surface area (Å²) in [6, 6.07) is -0.425. The highest BCUT2D eigenvalue weighted by molar-refractivity contribution is 5.71. The summed E-state index contributed by atoms with van der Waals surface area (Å²) < 4.78 is 4.18. The van der Waals surface area contributed by atoms with Gasteiger partial charge in [-0.25, -0.2) is 9.59 Å². The molecule has 5 N–H and O–H groups in total. The Morgan fingerprint density at radius 2 is 1.80 bits per heavy atom. The van der Waals surface area contributed by atoms with E-state index < -0.39 is 12.1 Å². The van der Waals surface area contributed by atoms with Crippen LogP contribution in [-0.4, -0.2) is 25.3 Å². The predicted molar refractivity (Wildman–Crippen MR) is 58.3 cm³/mol. The van der Waals surface area contributed by atoms with Crippen LogP contribution in [0.5, 0.6) is 0 Å². The zero-order valence-electron chi connectivity index (χ0n) is 9.41. The van der Waals surface area contributed by atoms with Crippen molar-refractivity contribution in [2.75, 3.05) is 13.2 Å². The van der Waals surface area contributed by atoms with E-state index in [1.807, 2.05) is 0 Å². The number of primary amides is 2. The van der Waals surface area contributed by atoms with Gasteiger partial charge in [0.2, 0.25) is 0 Å². The molecule has 0 aromatic heterocycles. The van der Waals surface area contributed by atoms with E-state index in [0.29, 0.717) is 13.2 Å². The van der Waals surface area contributed by atoms with Crippen LogP contribution >= 0.6 is 0 Å². The summed E-state index contributed by atoms with van der Waals surface area (Å²) in [5.74, 6) is 0. The van der Waals surface area contributed by atoms with Crippen LogP contribution in [0.2, 0.25) is 0 Å². The molecule has 0 fully saturated rings. The normalized spacial score (nSPS) is 8.40. The van der Waals surface area contributed by atoms with Gasteiger partial charge in [0.1, 0.15) is 0 Å². The minimum Gasteiger partial charge on any atom is -0.450 e. The molecule has 0 atom stereocenters. The number of carbonyl (C=O) groups is 2. The molecule has 0 aliphatic carbocycles. The van der Waals surface area contributed by atoms with Gasteiger partial charge in [-0.05, 0) is 13.3 Å². The molecule has 0 radical (unpaired) electrons. The van der Waals surface area contributed by atoms with Crippen molar-refractivity contribution in [2.45, 2.75) is 33.1 Å². The van der Waals surface area contributed by atoms with Gasteiger partial charge >= 0.3 is 12.1 Å². The van der Waals surface area contributed by atoms with Crippen molar-refractivity contribution >= 4 is 12.1 Å². The summed E-state index contributed by atoms with van der Waals surface area (Å²) in [6.07, 6.45) is 2.64. The van der Waals surface area contributed by atoms with Crippen LogP contribution in [0.3, 0.4) is 0 Å². The largest absolute Gasteiger partial charge is 0.450 e. The molecule has 0 saturated heterocycles. The topological polar surface area (TPSA) is 107 Å². The fourth-order valence-electron chi connectivity index (χ4n) is 0.729. The highest BCUT2D eigenvalue weighted by atomic mass is 16.5. The number of hydrogen-bond acceptors (Lipinski definition) is 3. The first kappa shape index (κ1) is 16.0. The molecule has 0 unspecified atom stereocenters. The third-order valence-electron chi connectivity index (χ3n) is 1.37. The van der Waals surface area contributed by atoms with Gasteiger partial charge in [0.15, 0.2) is 0 Å². The molecule has 0 rings (SSSR count). The lowest BCUT2D eigenvalue weighted by atomic mass is 10.2. The minimum atomic E-state index is -0.711. The van der Waals surface area contributed by atoms with Crippen molar-refractivity contribution in [3.05, 3.63) is 0 Å². The number of nitrogens with two attached hydrogens (primary N) is 2. The third-order valence-corrected chi connectivity index (χ3v) is 1.37. The molecule has 0 bridgehead atoms. The van der Waals surface area contributed by atoms with Gasteiger partial charge in [-0.1, -0.05) is 19.8 Å². The molecule has 0 aliphatic rings. The number of urea groups is 1. The van der Waals surface area contributed by atoms with E-state index in [1.165, 1.54) is 6.42 Å². The van der Waals surface area contributed by atoms with E-state index in [0.717, 1.165) is 12.8 Å². The summed E-state index contributed by atoms with van der Waals surface area (Å²) >= 11 is 0. The summed E-state index contributed by atoms with van der Waals surface area (Å²) in [5.41, 5.74) is 9.37. The highest BCUT2D eigenvalue weighted by Gasteiger charge is 1.88. The van der Waals surface area contributed by atoms with Crippen molar-refractivity contribution in [1.29, 1.82) is 0 Å². The highest BCUT2D eigenvalue weighted by Crippen LogP contribution is 1.90. The van der Waals surface area contributed by atoms with Gasteiger partial charge in [0.25, 0.3) is 0 Å². The van der Waals surface area contributed by atoms with E-state index in [1.54, 1.807) is 6.92 Å². The van der Waals surface area contributed by atoms with Crippen LogP contribution in [-0.2, 0) is 4.74 Å². The molecule has 15 heavy (non-hydrogen) atoms. The van der Waals surface area contributed by atoms with Crippen molar-refractivity contribution in [3.63, 3.8) is 0 Å². The number of rotatable bonds is 5. The van der Waals surface area contributed by atoms with Gasteiger partial charge in [-0.3, -0.25) is 0 Å². The lowest BCUT2D eigenvalue weighted by Gasteiger charge is -1.97. The summed E-state index contributed by atoms with van der Waals surface area (Å²) in [7, 11) is 0. The molecule has 6 nitrogen and oxygen atoms in total. The quantitative estimate of drug-likeness (QED) is 0.599. The maximum Gasteiger partial charge on any atom is 0.404 e. The molecule has 0 heterocycles. The van der Waals surface area contributed by atoms with Gasteiger partial charge in [0, 0.05) is 6.54 Å². The Bertz CT molecular complexity index is 174. The monoisotopic (exact) mass is 219 g/mol. The second-order valence-corrected chi connectivity index (χ2v) is 2.75. The Hall–Kier alpha value is -1.46. The van der Waals surface area contributed by atoms with Crippen LogP contribution in [0.1, 0.15) is 33.1 Å². The Morgan fingerprint density at radius 3 is 2.07 bits per heavy atom. The summed E-state index contributed by atoms with van der Waals surface area (Å²) in [4.78, 5) is 19.7. The second-order valence-electron chi connectivity index (χ2n) is 2.75. The minimum absolute atomic E-state index is 0.356. The molecular formula is C9H21N3O3. The lowest BCUT2D eigenvalue weighted by Crippen LogP contribution is -2.29. The van der Waals surface area contributed by atoms with Crippen molar-refractivity contribution < 1.29 is 14.3 Å². The maximum absolute atomic E-state index is 10.1. The fraction of sp³-hybridized carbons (Fsp3) is 0.778. The third kappa shape index (κ3) is 24.5. The molecular weight excluding hydrogens is 198 g/mol. The van der Waals surface area contributed by atoms with Crippen LogP contribution in [0.25, 0.3) is 0 Å². The standard InChI is InChI=1S/C6H14N2O.C3H7NO2/c1-2-3-4-5-8-6(7)9;1-2-6-3(4)5/h2-5H2,1H3,(H3,7,8,9);2H2,1H3,(H2,4,5). The van der Waals surface area contributed by atoms with Crippen LogP contribution in [0.4, 0.5) is 9.59 Å². The van der Waals surface area contributed by atoms with Crippen molar-refractivity contribution in [3.8, 4) is 0 Å². The predicted octanol–water partition coefficient (Wildman–Crippen LogP) is 0.947. The number of unbranched alkanes of at least 4 members (excludes halogenated alkanes) is 2. The number of amides is 3. The molecule has 0 spiro atoms. The number of nitrogens with one attached hydrogen (secondary N) is 1. The van der Waals surface area contributed by atoms with Crippen molar-refractivity contribution in [1.82, 2.24) is 5.32 Å². The fourth-order valence-corrected chi connectivity index (χ4v) is 0.729. The zero-order chi connectivity index (χ0) is 12.1. The van der Waals surface area contributed by atoms with E-state index in [4.69, 9.17) is 5.73 Å². The van der Waals surface area contributed by atoms with E-state index in [-0.39, 0.29) is 0 Å². The average Bonchev–Trinajstić information content (AvgIpc) is 2.13. The first-order valence-electron chi connectivity index (χ1n) is 5.00. The van der Waals surface area contributed by atoms with Crippen molar-refractivity contribution in [2.24, 2.45) is 11.5 Å². The zero-order valence-corrected chi connectivity index (χ0v) is 9.41. The smallest absolute Gasteiger partial charge is 0.404 e. The first-order chi connectivity index (χ1) is 7.04. The van der Waals surface area contributed by atoms with Gasteiger partial charge in [0.05, 0.1) is 6.61 Å². The van der Waals surface area contributed by atoms with Gasteiger partial charge < -0.3 is 21.5 Å². The second kappa shape index (κ2) is 12.5. The first-order valence-corrected chi connectivity index (χ1v) is 5.00. The van der Waals surface area contributed by atoms with Crippen LogP contribution in [0, 0.1) is 0 Å². The Balaban J connectivity index is 0. The Labute approximate surface area is 90.3 Å². The Morgan fingerprint density at radius 1 is 1.20 bits per heavy atom. The molecule has 0 saturated carbocycles. The van der Waals surface area contributed by atoms with Gasteiger partial charge in [-0.2, -0.15) is 0 Å². The van der Waals surface area contributed by atoms with E-state index in [2.05, 4.69) is 22.7 Å². The number of carbonyl (C=O) groups excluding carboxylic acids is 2. The summed E-state index contributed by atoms with van der Waals surface area (Å²) in [6.45, 7) is 4.88. The van der Waals surface area contributed by atoms with E-state index >= 15 is 0 Å². The molecule has 90 valence electrons. The number of ether oxygens (including phenoxy) is 1. The van der Waals surface area contributed by atoms with E-state index in [9.17, 15) is 9.59 Å². The maximum atomic E-state index is 10.1. The SMILES string of the molecule is CCCCCNC(N)=O.CCOC(N)=O. The molecule has 0 aromatic rings.